The van der Waals surface area contributed by atoms with E-state index in [4.69, 9.17) is 0 Å². The van der Waals surface area contributed by atoms with Crippen LogP contribution in [0.15, 0.2) is 60.9 Å². The molecule has 1 aromatic carbocycles. The monoisotopic (exact) mass is 347 g/mol. The molecule has 0 atom stereocenters. The summed E-state index contributed by atoms with van der Waals surface area (Å²) in [7, 11) is 0. The van der Waals surface area contributed by atoms with Crippen molar-refractivity contribution in [1.82, 2.24) is 14.7 Å². The number of aryl methyl sites for hydroxylation is 1. The summed E-state index contributed by atoms with van der Waals surface area (Å²) in [5.74, 6) is 1.17. The summed E-state index contributed by atoms with van der Waals surface area (Å²) in [6, 6.07) is 14.3. The number of fused-ring (bicyclic) bond motifs is 1. The molecule has 3 rings (SSSR count). The molecule has 4 nitrogen and oxygen atoms in total. The number of rotatable bonds is 6. The molecular weight excluding hydrogens is 322 g/mol. The molecule has 0 aliphatic rings. The van der Waals surface area contributed by atoms with Crippen LogP contribution < -0.4 is 5.32 Å². The van der Waals surface area contributed by atoms with Gasteiger partial charge in [0.05, 0.1) is 11.7 Å². The molecule has 0 aliphatic heterocycles. The van der Waals surface area contributed by atoms with E-state index in [1.165, 1.54) is 5.56 Å². The molecule has 0 aliphatic carbocycles. The summed E-state index contributed by atoms with van der Waals surface area (Å²) >= 11 is 0. The van der Waals surface area contributed by atoms with E-state index in [-0.39, 0.29) is 11.8 Å². The Morgan fingerprint density at radius 2 is 1.96 bits per heavy atom. The van der Waals surface area contributed by atoms with Gasteiger partial charge in [0.1, 0.15) is 5.82 Å². The van der Waals surface area contributed by atoms with E-state index in [0.29, 0.717) is 13.0 Å². The molecule has 134 valence electrons. The normalized spacial score (nSPS) is 11.9. The van der Waals surface area contributed by atoms with E-state index in [2.05, 4.69) is 55.3 Å². The number of hydrogen-bond donors (Lipinski definition) is 1. The first-order chi connectivity index (χ1) is 12.5. The van der Waals surface area contributed by atoms with Gasteiger partial charge in [-0.1, -0.05) is 49.7 Å². The van der Waals surface area contributed by atoms with Gasteiger partial charge in [0.25, 0.3) is 0 Å². The van der Waals surface area contributed by atoms with Crippen molar-refractivity contribution in [3.8, 4) is 0 Å². The molecule has 0 saturated heterocycles. The molecule has 0 radical (unpaired) electrons. The lowest BCUT2D eigenvalue weighted by Crippen LogP contribution is -2.24. The molecule has 0 saturated carbocycles. The fourth-order valence-electron chi connectivity index (χ4n) is 3.00. The summed E-state index contributed by atoms with van der Waals surface area (Å²) in [4.78, 5) is 16.8. The van der Waals surface area contributed by atoms with Crippen LogP contribution in [0, 0.1) is 12.8 Å². The average molecular weight is 347 g/mol. The summed E-state index contributed by atoms with van der Waals surface area (Å²) in [5, 5.41) is 2.98. The Balaban J connectivity index is 1.64. The maximum atomic E-state index is 12.4. The Kier molecular flexibility index (Phi) is 5.52. The van der Waals surface area contributed by atoms with E-state index in [9.17, 15) is 4.79 Å². The molecule has 2 aromatic heterocycles. The Morgan fingerprint density at radius 3 is 2.69 bits per heavy atom. The van der Waals surface area contributed by atoms with Crippen molar-refractivity contribution >= 4 is 17.0 Å². The standard InChI is InChI=1S/C22H25N3O/c1-16(2)20(18-9-7-17(3)8-10-18)14-22(26)23-12-11-21-24-15-19-6-4-5-13-25(19)21/h4-10,13-16H,11-12H2,1-3H3,(H,23,26)/b20-14+. The third-order valence-corrected chi connectivity index (χ3v) is 4.46. The van der Waals surface area contributed by atoms with Crippen LogP contribution in [0.1, 0.15) is 30.8 Å². The molecule has 0 bridgehead atoms. The van der Waals surface area contributed by atoms with Crippen molar-refractivity contribution in [2.45, 2.75) is 27.2 Å². The second-order valence-electron chi connectivity index (χ2n) is 6.83. The second-order valence-corrected chi connectivity index (χ2v) is 6.83. The average Bonchev–Trinajstić information content (AvgIpc) is 3.04. The predicted octanol–water partition coefficient (Wildman–Crippen LogP) is 4.04. The second kappa shape index (κ2) is 8.00. The molecule has 0 unspecified atom stereocenters. The van der Waals surface area contributed by atoms with Crippen molar-refractivity contribution < 1.29 is 4.79 Å². The summed E-state index contributed by atoms with van der Waals surface area (Å²) in [6.07, 6.45) is 6.26. The van der Waals surface area contributed by atoms with Crippen LogP contribution in [0.3, 0.4) is 0 Å². The van der Waals surface area contributed by atoms with Gasteiger partial charge in [-0.15, -0.1) is 0 Å². The minimum atomic E-state index is -0.0601. The molecule has 1 amide bonds. The lowest BCUT2D eigenvalue weighted by atomic mass is 9.94. The zero-order valence-corrected chi connectivity index (χ0v) is 15.6. The number of nitrogens with one attached hydrogen (secondary N) is 1. The molecule has 4 heteroatoms. The minimum absolute atomic E-state index is 0.0601. The highest BCUT2D eigenvalue weighted by molar-refractivity contribution is 5.95. The van der Waals surface area contributed by atoms with Crippen LogP contribution in [-0.2, 0) is 11.2 Å². The van der Waals surface area contributed by atoms with Crippen LogP contribution in [-0.4, -0.2) is 21.8 Å². The van der Waals surface area contributed by atoms with E-state index >= 15 is 0 Å². The van der Waals surface area contributed by atoms with E-state index in [0.717, 1.165) is 22.5 Å². The lowest BCUT2D eigenvalue weighted by molar-refractivity contribution is -0.116. The minimum Gasteiger partial charge on any atom is -0.352 e. The maximum absolute atomic E-state index is 12.4. The number of pyridine rings is 1. The summed E-state index contributed by atoms with van der Waals surface area (Å²) < 4.78 is 2.05. The van der Waals surface area contributed by atoms with E-state index < -0.39 is 0 Å². The molecule has 0 fully saturated rings. The van der Waals surface area contributed by atoms with Gasteiger partial charge in [-0.3, -0.25) is 4.79 Å². The van der Waals surface area contributed by atoms with Crippen molar-refractivity contribution in [3.63, 3.8) is 0 Å². The Bertz CT molecular complexity index is 920. The molecule has 1 N–H and O–H groups in total. The van der Waals surface area contributed by atoms with Crippen molar-refractivity contribution in [2.75, 3.05) is 6.54 Å². The first-order valence-electron chi connectivity index (χ1n) is 9.02. The SMILES string of the molecule is Cc1ccc(/C(=C/C(=O)NCCc2ncc3ccccn23)C(C)C)cc1. The number of imidazole rings is 1. The van der Waals surface area contributed by atoms with Crippen LogP contribution in [0.25, 0.3) is 11.1 Å². The predicted molar refractivity (Wildman–Crippen MR) is 106 cm³/mol. The van der Waals surface area contributed by atoms with Gasteiger partial charge in [-0.05, 0) is 36.1 Å². The number of hydrogen-bond acceptors (Lipinski definition) is 2. The van der Waals surface area contributed by atoms with Gasteiger partial charge in [-0.2, -0.15) is 0 Å². The van der Waals surface area contributed by atoms with Crippen LogP contribution in [0.4, 0.5) is 0 Å². The number of allylic oxidation sites excluding steroid dienone is 1. The zero-order valence-electron chi connectivity index (χ0n) is 15.6. The van der Waals surface area contributed by atoms with Crippen molar-refractivity contribution in [3.05, 3.63) is 77.9 Å². The zero-order chi connectivity index (χ0) is 18.5. The summed E-state index contributed by atoms with van der Waals surface area (Å²) in [6.45, 7) is 6.84. The van der Waals surface area contributed by atoms with Crippen LogP contribution in [0.5, 0.6) is 0 Å². The first kappa shape index (κ1) is 17.9. The highest BCUT2D eigenvalue weighted by atomic mass is 16.1. The molecule has 2 heterocycles. The van der Waals surface area contributed by atoms with Gasteiger partial charge < -0.3 is 9.72 Å². The topological polar surface area (TPSA) is 46.4 Å². The van der Waals surface area contributed by atoms with Crippen LogP contribution in [0.2, 0.25) is 0 Å². The third kappa shape index (κ3) is 4.20. The molecule has 26 heavy (non-hydrogen) atoms. The van der Waals surface area contributed by atoms with Gasteiger partial charge >= 0.3 is 0 Å². The van der Waals surface area contributed by atoms with Gasteiger partial charge in [0.2, 0.25) is 5.91 Å². The Hall–Kier alpha value is -2.88. The van der Waals surface area contributed by atoms with Crippen molar-refractivity contribution in [2.24, 2.45) is 5.92 Å². The lowest BCUT2D eigenvalue weighted by Gasteiger charge is -2.12. The number of benzene rings is 1. The maximum Gasteiger partial charge on any atom is 0.244 e. The first-order valence-corrected chi connectivity index (χ1v) is 9.02. The highest BCUT2D eigenvalue weighted by Crippen LogP contribution is 2.23. The molecule has 0 spiro atoms. The van der Waals surface area contributed by atoms with Gasteiger partial charge in [0, 0.05) is 25.2 Å². The fourth-order valence-corrected chi connectivity index (χ4v) is 3.00. The van der Waals surface area contributed by atoms with E-state index in [1.54, 1.807) is 6.08 Å². The van der Waals surface area contributed by atoms with Crippen molar-refractivity contribution in [1.29, 1.82) is 0 Å². The molecular formula is C22H25N3O. The van der Waals surface area contributed by atoms with Gasteiger partial charge in [-0.25, -0.2) is 4.98 Å². The number of aromatic nitrogens is 2. The largest absolute Gasteiger partial charge is 0.352 e. The van der Waals surface area contributed by atoms with Gasteiger partial charge in [0.15, 0.2) is 0 Å². The Labute approximate surface area is 154 Å². The number of carbonyl (C=O) groups excluding carboxylic acids is 1. The Morgan fingerprint density at radius 1 is 1.19 bits per heavy atom. The number of carbonyl (C=O) groups is 1. The summed E-state index contributed by atoms with van der Waals surface area (Å²) in [5.41, 5.74) is 4.43. The van der Waals surface area contributed by atoms with E-state index in [1.807, 2.05) is 35.0 Å². The molecule has 3 aromatic rings. The quantitative estimate of drug-likeness (QED) is 0.684. The number of amides is 1. The number of nitrogens with zero attached hydrogens (tertiary/aromatic N) is 2. The fraction of sp³-hybridized carbons (Fsp3) is 0.273. The third-order valence-electron chi connectivity index (χ3n) is 4.46. The highest BCUT2D eigenvalue weighted by Gasteiger charge is 2.09. The van der Waals surface area contributed by atoms with Crippen LogP contribution >= 0.6 is 0 Å². The smallest absolute Gasteiger partial charge is 0.244 e.